The van der Waals surface area contributed by atoms with Crippen LogP contribution < -0.4 is 4.72 Å². The van der Waals surface area contributed by atoms with E-state index in [1.807, 2.05) is 54.1 Å². The second kappa shape index (κ2) is 8.06. The van der Waals surface area contributed by atoms with E-state index in [0.29, 0.717) is 11.7 Å². The molecule has 0 amide bonds. The fraction of sp³-hybridized carbons (Fsp3) is 0.286. The van der Waals surface area contributed by atoms with Crippen molar-refractivity contribution in [3.63, 3.8) is 0 Å². The van der Waals surface area contributed by atoms with Gasteiger partial charge < -0.3 is 4.57 Å². The van der Waals surface area contributed by atoms with Crippen molar-refractivity contribution >= 4 is 10.0 Å². The van der Waals surface area contributed by atoms with E-state index in [9.17, 15) is 8.42 Å². The highest BCUT2D eigenvalue weighted by molar-refractivity contribution is 7.89. The number of aromatic nitrogens is 2. The van der Waals surface area contributed by atoms with E-state index in [1.165, 1.54) is 0 Å². The van der Waals surface area contributed by atoms with Crippen molar-refractivity contribution in [1.82, 2.24) is 14.3 Å². The average molecular weight is 384 g/mol. The Balaban J connectivity index is 1.94. The van der Waals surface area contributed by atoms with Gasteiger partial charge in [-0.1, -0.05) is 56.3 Å². The van der Waals surface area contributed by atoms with Crippen LogP contribution in [-0.2, 0) is 17.1 Å². The molecule has 3 aromatic rings. The molecule has 0 aliphatic heterocycles. The van der Waals surface area contributed by atoms with Crippen molar-refractivity contribution in [3.8, 4) is 0 Å². The SMILES string of the molecule is CCC(C)c1ccc(S(=O)(=O)NC(c2ccccc2)c2nccn2C)cc1. The number of nitrogens with zero attached hydrogens (tertiary/aromatic N) is 2. The first-order valence-corrected chi connectivity index (χ1v) is 10.5. The number of aryl methyl sites for hydroxylation is 1. The lowest BCUT2D eigenvalue weighted by atomic mass is 9.99. The number of rotatable bonds is 7. The molecule has 0 saturated carbocycles. The Kier molecular flexibility index (Phi) is 5.77. The van der Waals surface area contributed by atoms with Crippen LogP contribution in [0.25, 0.3) is 0 Å². The van der Waals surface area contributed by atoms with E-state index in [-0.39, 0.29) is 4.90 Å². The first kappa shape index (κ1) is 19.3. The van der Waals surface area contributed by atoms with Crippen LogP contribution >= 0.6 is 0 Å². The second-order valence-electron chi connectivity index (χ2n) is 6.74. The molecular formula is C21H25N3O2S. The predicted molar refractivity (Wildman–Crippen MR) is 107 cm³/mol. The molecule has 0 bridgehead atoms. The van der Waals surface area contributed by atoms with Crippen molar-refractivity contribution in [2.24, 2.45) is 7.05 Å². The fourth-order valence-electron chi connectivity index (χ4n) is 3.01. The van der Waals surface area contributed by atoms with E-state index >= 15 is 0 Å². The summed E-state index contributed by atoms with van der Waals surface area (Å²) >= 11 is 0. The topological polar surface area (TPSA) is 64.0 Å². The number of benzene rings is 2. The summed E-state index contributed by atoms with van der Waals surface area (Å²) in [6.45, 7) is 4.25. The molecule has 6 heteroatoms. The normalized spacial score (nSPS) is 14.0. The van der Waals surface area contributed by atoms with Gasteiger partial charge in [0.15, 0.2) is 0 Å². The van der Waals surface area contributed by atoms with Crippen LogP contribution in [-0.4, -0.2) is 18.0 Å². The smallest absolute Gasteiger partial charge is 0.241 e. The molecule has 2 aromatic carbocycles. The minimum atomic E-state index is -3.70. The zero-order valence-corrected chi connectivity index (χ0v) is 16.6. The van der Waals surface area contributed by atoms with Gasteiger partial charge in [-0.05, 0) is 35.6 Å². The molecule has 0 aliphatic rings. The summed E-state index contributed by atoms with van der Waals surface area (Å²) in [5.74, 6) is 1.04. The van der Waals surface area contributed by atoms with Crippen LogP contribution in [0.2, 0.25) is 0 Å². The quantitative estimate of drug-likeness (QED) is 0.671. The highest BCUT2D eigenvalue weighted by Crippen LogP contribution is 2.25. The van der Waals surface area contributed by atoms with Gasteiger partial charge in [-0.3, -0.25) is 0 Å². The van der Waals surface area contributed by atoms with Crippen LogP contribution in [0.15, 0.2) is 71.9 Å². The maximum atomic E-state index is 13.0. The Hall–Kier alpha value is -2.44. The van der Waals surface area contributed by atoms with Crippen LogP contribution in [0.4, 0.5) is 0 Å². The van der Waals surface area contributed by atoms with Crippen molar-refractivity contribution in [2.45, 2.75) is 37.1 Å². The predicted octanol–water partition coefficient (Wildman–Crippen LogP) is 4.00. The number of sulfonamides is 1. The molecule has 0 saturated heterocycles. The molecule has 3 rings (SSSR count). The summed E-state index contributed by atoms with van der Waals surface area (Å²) in [5.41, 5.74) is 1.98. The van der Waals surface area contributed by atoms with Crippen molar-refractivity contribution in [2.75, 3.05) is 0 Å². The van der Waals surface area contributed by atoms with Gasteiger partial charge in [-0.25, -0.2) is 13.4 Å². The van der Waals surface area contributed by atoms with Crippen molar-refractivity contribution in [1.29, 1.82) is 0 Å². The first-order valence-electron chi connectivity index (χ1n) is 9.07. The largest absolute Gasteiger partial charge is 0.336 e. The molecule has 1 N–H and O–H groups in total. The van der Waals surface area contributed by atoms with Gasteiger partial charge in [0.2, 0.25) is 10.0 Å². The zero-order chi connectivity index (χ0) is 19.4. The number of nitrogens with one attached hydrogen (secondary N) is 1. The van der Waals surface area contributed by atoms with Gasteiger partial charge in [0.1, 0.15) is 11.9 Å². The molecule has 0 fully saturated rings. The van der Waals surface area contributed by atoms with E-state index in [1.54, 1.807) is 24.5 Å². The van der Waals surface area contributed by atoms with Gasteiger partial charge in [-0.15, -0.1) is 0 Å². The molecule has 2 unspecified atom stereocenters. The summed E-state index contributed by atoms with van der Waals surface area (Å²) in [6, 6.07) is 16.0. The van der Waals surface area contributed by atoms with Gasteiger partial charge in [0.05, 0.1) is 4.90 Å². The van der Waals surface area contributed by atoms with Gasteiger partial charge >= 0.3 is 0 Å². The Morgan fingerprint density at radius 1 is 1.04 bits per heavy atom. The van der Waals surface area contributed by atoms with Crippen molar-refractivity contribution < 1.29 is 8.42 Å². The molecular weight excluding hydrogens is 358 g/mol. The Labute approximate surface area is 161 Å². The lowest BCUT2D eigenvalue weighted by Gasteiger charge is -2.19. The molecule has 0 aliphatic carbocycles. The summed E-state index contributed by atoms with van der Waals surface area (Å²) in [6.07, 6.45) is 4.49. The van der Waals surface area contributed by atoms with Crippen LogP contribution in [0.5, 0.6) is 0 Å². The lowest BCUT2D eigenvalue weighted by molar-refractivity contribution is 0.562. The number of hydrogen-bond acceptors (Lipinski definition) is 3. The highest BCUT2D eigenvalue weighted by atomic mass is 32.2. The van der Waals surface area contributed by atoms with Crippen LogP contribution in [0.3, 0.4) is 0 Å². The third-order valence-electron chi connectivity index (χ3n) is 4.89. The average Bonchev–Trinajstić information content (AvgIpc) is 3.12. The van der Waals surface area contributed by atoms with Gasteiger partial charge in [0.25, 0.3) is 0 Å². The highest BCUT2D eigenvalue weighted by Gasteiger charge is 2.25. The minimum absolute atomic E-state index is 0.254. The van der Waals surface area contributed by atoms with Crippen LogP contribution in [0.1, 0.15) is 49.2 Å². The number of hydrogen-bond donors (Lipinski definition) is 1. The third kappa shape index (κ3) is 4.28. The monoisotopic (exact) mass is 383 g/mol. The molecule has 5 nitrogen and oxygen atoms in total. The summed E-state index contributed by atoms with van der Waals surface area (Å²) in [7, 11) is -1.85. The van der Waals surface area contributed by atoms with E-state index < -0.39 is 16.1 Å². The van der Waals surface area contributed by atoms with Crippen LogP contribution in [0, 0.1) is 0 Å². The van der Waals surface area contributed by atoms with Gasteiger partial charge in [-0.2, -0.15) is 4.72 Å². The first-order chi connectivity index (χ1) is 12.9. The number of imidazole rings is 1. The van der Waals surface area contributed by atoms with E-state index in [0.717, 1.165) is 17.5 Å². The maximum Gasteiger partial charge on any atom is 0.241 e. The zero-order valence-electron chi connectivity index (χ0n) is 15.8. The molecule has 27 heavy (non-hydrogen) atoms. The molecule has 142 valence electrons. The summed E-state index contributed by atoms with van der Waals surface area (Å²) in [4.78, 5) is 4.61. The Morgan fingerprint density at radius 3 is 2.26 bits per heavy atom. The minimum Gasteiger partial charge on any atom is -0.336 e. The van der Waals surface area contributed by atoms with E-state index in [2.05, 4.69) is 23.6 Å². The summed E-state index contributed by atoms with van der Waals surface area (Å²) < 4.78 is 30.7. The second-order valence-corrected chi connectivity index (χ2v) is 8.45. The Morgan fingerprint density at radius 2 is 1.70 bits per heavy atom. The van der Waals surface area contributed by atoms with Crippen molar-refractivity contribution in [3.05, 3.63) is 83.9 Å². The molecule has 0 spiro atoms. The van der Waals surface area contributed by atoms with E-state index in [4.69, 9.17) is 0 Å². The molecule has 1 aromatic heterocycles. The fourth-order valence-corrected chi connectivity index (χ4v) is 4.19. The third-order valence-corrected chi connectivity index (χ3v) is 6.33. The molecule has 1 heterocycles. The lowest BCUT2D eigenvalue weighted by Crippen LogP contribution is -2.31. The van der Waals surface area contributed by atoms with Gasteiger partial charge in [0, 0.05) is 19.4 Å². The standard InChI is InChI=1S/C21H25N3O2S/c1-4-16(2)17-10-12-19(13-11-17)27(25,26)23-20(18-8-6-5-7-9-18)21-22-14-15-24(21)3/h5-16,20,23H,4H2,1-3H3. The molecule has 2 atom stereocenters. The maximum absolute atomic E-state index is 13.0. The Bertz CT molecular complexity index is 980. The summed E-state index contributed by atoms with van der Waals surface area (Å²) in [5, 5.41) is 0. The molecule has 0 radical (unpaired) electrons.